The molecule has 0 unspecified atom stereocenters. The second kappa shape index (κ2) is 11.7. The van der Waals surface area contributed by atoms with Gasteiger partial charge >= 0.3 is 5.97 Å². The number of ether oxygens (including phenoxy) is 3. The fourth-order valence-electron chi connectivity index (χ4n) is 2.14. The van der Waals surface area contributed by atoms with Crippen molar-refractivity contribution in [2.45, 2.75) is 12.7 Å². The van der Waals surface area contributed by atoms with Crippen LogP contribution in [0, 0.1) is 0 Å². The molecule has 0 aliphatic heterocycles. The van der Waals surface area contributed by atoms with Crippen LogP contribution in [0.2, 0.25) is 0 Å². The number of thioether (sulfide) groups is 1. The summed E-state index contributed by atoms with van der Waals surface area (Å²) in [7, 11) is 1.52. The van der Waals surface area contributed by atoms with Crippen LogP contribution in [0.15, 0.2) is 58.7 Å². The van der Waals surface area contributed by atoms with Crippen molar-refractivity contribution in [3.05, 3.63) is 59.7 Å². The monoisotopic (exact) mass is 401 g/mol. The Bertz CT molecular complexity index is 825. The van der Waals surface area contributed by atoms with Crippen molar-refractivity contribution in [2.24, 2.45) is 15.9 Å². The Labute approximate surface area is 168 Å². The van der Waals surface area contributed by atoms with Gasteiger partial charge in [-0.1, -0.05) is 42.1 Å². The molecule has 0 heterocycles. The Morgan fingerprint density at radius 2 is 1.96 bits per heavy atom. The molecule has 0 radical (unpaired) electrons. The van der Waals surface area contributed by atoms with Crippen LogP contribution >= 0.6 is 11.8 Å². The number of benzene rings is 2. The van der Waals surface area contributed by atoms with Gasteiger partial charge in [0.1, 0.15) is 0 Å². The molecular formula is C20H23N3O4S. The number of carbonyl (C=O) groups is 1. The maximum absolute atomic E-state index is 11.5. The Kier molecular flexibility index (Phi) is 8.87. The van der Waals surface area contributed by atoms with Crippen LogP contribution in [0.1, 0.15) is 18.1 Å². The molecule has 148 valence electrons. The molecule has 0 saturated carbocycles. The molecule has 2 rings (SSSR count). The lowest BCUT2D eigenvalue weighted by Gasteiger charge is -2.10. The molecule has 7 nitrogen and oxygen atoms in total. The number of nitrogens with zero attached hydrogens (tertiary/aromatic N) is 2. The molecule has 8 heteroatoms. The molecule has 0 spiro atoms. The molecule has 0 aliphatic carbocycles. The molecule has 2 aromatic carbocycles. The van der Waals surface area contributed by atoms with Gasteiger partial charge in [0.15, 0.2) is 23.3 Å². The SMILES string of the molecule is CCOC(=O)COc1cc(C=NN=C(N)SCc2ccccc2)ccc1OC. The van der Waals surface area contributed by atoms with Crippen molar-refractivity contribution < 1.29 is 19.0 Å². The molecule has 0 aliphatic rings. The highest BCUT2D eigenvalue weighted by Gasteiger charge is 2.09. The highest BCUT2D eigenvalue weighted by molar-refractivity contribution is 8.13. The summed E-state index contributed by atoms with van der Waals surface area (Å²) in [5, 5.41) is 8.36. The van der Waals surface area contributed by atoms with Gasteiger partial charge in [-0.2, -0.15) is 5.10 Å². The van der Waals surface area contributed by atoms with Crippen molar-refractivity contribution >= 4 is 29.1 Å². The molecule has 0 atom stereocenters. The van der Waals surface area contributed by atoms with E-state index in [1.54, 1.807) is 31.3 Å². The van der Waals surface area contributed by atoms with E-state index in [9.17, 15) is 4.79 Å². The lowest BCUT2D eigenvalue weighted by atomic mass is 10.2. The molecule has 0 bridgehead atoms. The van der Waals surface area contributed by atoms with Gasteiger partial charge in [0.25, 0.3) is 0 Å². The van der Waals surface area contributed by atoms with Crippen LogP contribution in [0.5, 0.6) is 11.5 Å². The Hall–Kier alpha value is -3.00. The van der Waals surface area contributed by atoms with E-state index in [2.05, 4.69) is 10.2 Å². The Morgan fingerprint density at radius 1 is 1.18 bits per heavy atom. The first-order valence-corrected chi connectivity index (χ1v) is 9.60. The molecule has 2 aromatic rings. The largest absolute Gasteiger partial charge is 0.493 e. The minimum atomic E-state index is -0.448. The summed E-state index contributed by atoms with van der Waals surface area (Å²) in [5.74, 6) is 1.19. The van der Waals surface area contributed by atoms with Crippen molar-refractivity contribution in [3.8, 4) is 11.5 Å². The van der Waals surface area contributed by atoms with Crippen LogP contribution in [0.3, 0.4) is 0 Å². The summed E-state index contributed by atoms with van der Waals surface area (Å²) < 4.78 is 15.6. The number of hydrogen-bond donors (Lipinski definition) is 1. The molecule has 0 aromatic heterocycles. The maximum atomic E-state index is 11.5. The van der Waals surface area contributed by atoms with E-state index in [0.717, 1.165) is 16.9 Å². The third kappa shape index (κ3) is 7.32. The standard InChI is InChI=1S/C20H23N3O4S/c1-3-26-19(24)13-27-18-11-16(9-10-17(18)25-2)12-22-23-20(21)28-14-15-7-5-4-6-8-15/h4-12H,3,13-14H2,1-2H3,(H2,21,23). The predicted octanol–water partition coefficient (Wildman–Crippen LogP) is 3.22. The first kappa shape index (κ1) is 21.3. The molecule has 0 saturated heterocycles. The minimum absolute atomic E-state index is 0.202. The number of rotatable bonds is 9. The van der Waals surface area contributed by atoms with Crippen LogP contribution in [0.25, 0.3) is 0 Å². The van der Waals surface area contributed by atoms with Gasteiger partial charge in [-0.3, -0.25) is 0 Å². The number of carbonyl (C=O) groups excluding carboxylic acids is 1. The summed E-state index contributed by atoms with van der Waals surface area (Å²) >= 11 is 1.41. The van der Waals surface area contributed by atoms with Crippen molar-refractivity contribution in [1.29, 1.82) is 0 Å². The molecular weight excluding hydrogens is 378 g/mol. The van der Waals surface area contributed by atoms with Gasteiger partial charge < -0.3 is 19.9 Å². The second-order valence-corrected chi connectivity index (χ2v) is 6.46. The maximum Gasteiger partial charge on any atom is 0.344 e. The molecule has 28 heavy (non-hydrogen) atoms. The van der Waals surface area contributed by atoms with E-state index >= 15 is 0 Å². The second-order valence-electron chi connectivity index (χ2n) is 5.46. The summed E-state index contributed by atoms with van der Waals surface area (Å²) in [5.41, 5.74) is 7.76. The van der Waals surface area contributed by atoms with E-state index in [4.69, 9.17) is 19.9 Å². The molecule has 2 N–H and O–H groups in total. The van der Waals surface area contributed by atoms with Gasteiger partial charge in [0, 0.05) is 5.75 Å². The van der Waals surface area contributed by atoms with Crippen LogP contribution in [-0.4, -0.2) is 37.7 Å². The number of hydrogen-bond acceptors (Lipinski definition) is 7. The fourth-order valence-corrected chi connectivity index (χ4v) is 2.75. The zero-order chi connectivity index (χ0) is 20.2. The van der Waals surface area contributed by atoms with E-state index in [0.29, 0.717) is 23.3 Å². The average Bonchev–Trinajstić information content (AvgIpc) is 2.72. The first-order valence-electron chi connectivity index (χ1n) is 8.62. The zero-order valence-electron chi connectivity index (χ0n) is 15.8. The topological polar surface area (TPSA) is 95.5 Å². The normalized spacial score (nSPS) is 11.4. The highest BCUT2D eigenvalue weighted by Crippen LogP contribution is 2.27. The van der Waals surface area contributed by atoms with Crippen molar-refractivity contribution in [3.63, 3.8) is 0 Å². The summed E-state index contributed by atoms with van der Waals surface area (Å²) in [6.45, 7) is 1.83. The highest BCUT2D eigenvalue weighted by atomic mass is 32.2. The van der Waals surface area contributed by atoms with Gasteiger partial charge in [-0.05, 0) is 36.2 Å². The van der Waals surface area contributed by atoms with E-state index in [-0.39, 0.29) is 6.61 Å². The van der Waals surface area contributed by atoms with Crippen molar-refractivity contribution in [2.75, 3.05) is 20.3 Å². The average molecular weight is 401 g/mol. The van der Waals surface area contributed by atoms with Gasteiger partial charge in [-0.15, -0.1) is 5.10 Å². The fraction of sp³-hybridized carbons (Fsp3) is 0.250. The Balaban J connectivity index is 1.96. The Morgan fingerprint density at radius 3 is 2.68 bits per heavy atom. The first-order chi connectivity index (χ1) is 13.6. The summed E-state index contributed by atoms with van der Waals surface area (Å²) in [6, 6.07) is 15.2. The summed E-state index contributed by atoms with van der Waals surface area (Å²) in [6.07, 6.45) is 1.55. The summed E-state index contributed by atoms with van der Waals surface area (Å²) in [4.78, 5) is 11.5. The number of methoxy groups -OCH3 is 1. The number of nitrogens with two attached hydrogens (primary N) is 1. The number of esters is 1. The minimum Gasteiger partial charge on any atom is -0.493 e. The smallest absolute Gasteiger partial charge is 0.344 e. The van der Waals surface area contributed by atoms with Crippen LogP contribution < -0.4 is 15.2 Å². The van der Waals surface area contributed by atoms with Crippen LogP contribution in [-0.2, 0) is 15.3 Å². The van der Waals surface area contributed by atoms with Crippen LogP contribution in [0.4, 0.5) is 0 Å². The molecule has 0 amide bonds. The van der Waals surface area contributed by atoms with E-state index < -0.39 is 5.97 Å². The van der Waals surface area contributed by atoms with E-state index in [1.165, 1.54) is 18.9 Å². The predicted molar refractivity (Wildman–Crippen MR) is 112 cm³/mol. The van der Waals surface area contributed by atoms with Gasteiger partial charge in [0.2, 0.25) is 0 Å². The number of amidine groups is 1. The molecule has 0 fully saturated rings. The quantitative estimate of drug-likeness (QED) is 0.300. The van der Waals surface area contributed by atoms with Crippen molar-refractivity contribution in [1.82, 2.24) is 0 Å². The third-order valence-electron chi connectivity index (χ3n) is 3.43. The van der Waals surface area contributed by atoms with Gasteiger partial charge in [-0.25, -0.2) is 4.79 Å². The van der Waals surface area contributed by atoms with E-state index in [1.807, 2.05) is 30.3 Å². The van der Waals surface area contributed by atoms with Gasteiger partial charge in [0.05, 0.1) is 19.9 Å². The zero-order valence-corrected chi connectivity index (χ0v) is 16.6. The lowest BCUT2D eigenvalue weighted by Crippen LogP contribution is -2.15. The third-order valence-corrected chi connectivity index (χ3v) is 4.29. The lowest BCUT2D eigenvalue weighted by molar-refractivity contribution is -0.145.